The van der Waals surface area contributed by atoms with Crippen LogP contribution in [-0.4, -0.2) is 64.0 Å². The summed E-state index contributed by atoms with van der Waals surface area (Å²) in [6.45, 7) is 6.28. The molecule has 0 atom stereocenters. The van der Waals surface area contributed by atoms with E-state index in [9.17, 15) is 15.0 Å². The summed E-state index contributed by atoms with van der Waals surface area (Å²) in [5, 5.41) is 28.1. The van der Waals surface area contributed by atoms with Gasteiger partial charge in [0.1, 0.15) is 11.5 Å². The number of carbonyl (C=O) groups excluding carboxylic acids is 1. The molecule has 1 fully saturated rings. The zero-order valence-corrected chi connectivity index (χ0v) is 20.5. The number of pyridine rings is 1. The van der Waals surface area contributed by atoms with Gasteiger partial charge in [-0.05, 0) is 36.2 Å². The molecule has 5 rings (SSSR count). The van der Waals surface area contributed by atoms with Gasteiger partial charge in [-0.3, -0.25) is 14.7 Å². The average molecular weight is 501 g/mol. The highest BCUT2D eigenvalue weighted by atomic mass is 16.5. The van der Waals surface area contributed by atoms with Crippen molar-refractivity contribution in [1.29, 1.82) is 0 Å². The number of rotatable bonds is 7. The third kappa shape index (κ3) is 5.18. The Labute approximate surface area is 214 Å². The van der Waals surface area contributed by atoms with E-state index in [0.29, 0.717) is 23.4 Å². The fraction of sp³-hybridized carbons (Fsp3) is 0.250. The van der Waals surface area contributed by atoms with Crippen molar-refractivity contribution in [3.05, 3.63) is 72.1 Å². The number of phenols is 2. The Kier molecular flexibility index (Phi) is 7.16. The number of amides is 1. The van der Waals surface area contributed by atoms with E-state index >= 15 is 0 Å². The summed E-state index contributed by atoms with van der Waals surface area (Å²) in [6.07, 6.45) is 1.62. The molecule has 9 heteroatoms. The highest BCUT2D eigenvalue weighted by molar-refractivity contribution is 6.02. The second kappa shape index (κ2) is 10.8. The Balaban J connectivity index is 1.57. The third-order valence-electron chi connectivity index (χ3n) is 6.30. The van der Waals surface area contributed by atoms with Crippen LogP contribution < -0.4 is 5.32 Å². The summed E-state index contributed by atoms with van der Waals surface area (Å²) in [6, 6.07) is 16.0. The summed E-state index contributed by atoms with van der Waals surface area (Å²) in [5.41, 5.74) is 3.65. The molecule has 3 heterocycles. The quantitative estimate of drug-likeness (QED) is 0.347. The van der Waals surface area contributed by atoms with Crippen molar-refractivity contribution in [3.63, 3.8) is 0 Å². The molecule has 9 nitrogen and oxygen atoms in total. The van der Waals surface area contributed by atoms with Crippen molar-refractivity contribution in [2.75, 3.05) is 32.8 Å². The maximum absolute atomic E-state index is 12.9. The largest absolute Gasteiger partial charge is 0.507 e. The molecule has 1 amide bonds. The van der Waals surface area contributed by atoms with E-state index in [0.717, 1.165) is 44.0 Å². The molecule has 0 spiro atoms. The number of carbonyl (C=O) groups is 1. The van der Waals surface area contributed by atoms with E-state index in [1.54, 1.807) is 30.5 Å². The number of aromatic hydroxyl groups is 2. The van der Waals surface area contributed by atoms with Crippen LogP contribution >= 0.6 is 0 Å². The lowest BCUT2D eigenvalue weighted by Gasteiger charge is -2.26. The zero-order chi connectivity index (χ0) is 25.8. The smallest absolute Gasteiger partial charge is 0.274 e. The van der Waals surface area contributed by atoms with Crippen LogP contribution in [0.2, 0.25) is 0 Å². The molecule has 1 aliphatic heterocycles. The minimum Gasteiger partial charge on any atom is -0.507 e. The van der Waals surface area contributed by atoms with E-state index in [-0.39, 0.29) is 34.4 Å². The molecule has 0 saturated carbocycles. The molecular formula is C28H28N4O5. The number of nitrogens with zero attached hydrogens (tertiary/aromatic N) is 3. The van der Waals surface area contributed by atoms with Gasteiger partial charge >= 0.3 is 0 Å². The number of morpholine rings is 1. The molecule has 37 heavy (non-hydrogen) atoms. The van der Waals surface area contributed by atoms with Gasteiger partial charge in [0.15, 0.2) is 11.5 Å². The van der Waals surface area contributed by atoms with Crippen LogP contribution in [0.4, 0.5) is 0 Å². The van der Waals surface area contributed by atoms with Gasteiger partial charge < -0.3 is 24.8 Å². The first-order valence-corrected chi connectivity index (χ1v) is 12.2. The van der Waals surface area contributed by atoms with Crippen molar-refractivity contribution in [1.82, 2.24) is 20.4 Å². The summed E-state index contributed by atoms with van der Waals surface area (Å²) in [5.74, 6) is -0.497. The fourth-order valence-corrected chi connectivity index (χ4v) is 4.42. The Morgan fingerprint density at radius 3 is 2.49 bits per heavy atom. The molecule has 1 saturated heterocycles. The fourth-order valence-electron chi connectivity index (χ4n) is 4.42. The molecule has 190 valence electrons. The molecule has 0 bridgehead atoms. The Morgan fingerprint density at radius 1 is 1.03 bits per heavy atom. The molecule has 1 aliphatic rings. The van der Waals surface area contributed by atoms with Crippen molar-refractivity contribution < 1.29 is 24.3 Å². The van der Waals surface area contributed by atoms with E-state index in [4.69, 9.17) is 9.26 Å². The summed E-state index contributed by atoms with van der Waals surface area (Å²) < 4.78 is 11.1. The van der Waals surface area contributed by atoms with Crippen LogP contribution in [0.3, 0.4) is 0 Å². The lowest BCUT2D eigenvalue weighted by atomic mass is 9.95. The second-order valence-corrected chi connectivity index (χ2v) is 8.78. The third-order valence-corrected chi connectivity index (χ3v) is 6.30. The molecule has 2 aromatic carbocycles. The minimum atomic E-state index is -0.381. The molecule has 0 radical (unpaired) electrons. The lowest BCUT2D eigenvalue weighted by molar-refractivity contribution is 0.0342. The summed E-state index contributed by atoms with van der Waals surface area (Å²) in [7, 11) is 0. The van der Waals surface area contributed by atoms with E-state index in [1.807, 2.05) is 31.2 Å². The van der Waals surface area contributed by atoms with Crippen molar-refractivity contribution in [3.8, 4) is 45.2 Å². The number of phenolic OH excluding ortho intramolecular Hbond substituents is 2. The molecular weight excluding hydrogens is 472 g/mol. The Hall–Kier alpha value is -4.21. The van der Waals surface area contributed by atoms with Gasteiger partial charge in [-0.25, -0.2) is 0 Å². The van der Waals surface area contributed by atoms with Gasteiger partial charge in [-0.1, -0.05) is 35.5 Å². The first kappa shape index (κ1) is 24.5. The van der Waals surface area contributed by atoms with Gasteiger partial charge in [0.05, 0.1) is 30.0 Å². The van der Waals surface area contributed by atoms with E-state index in [2.05, 4.69) is 20.4 Å². The number of benzene rings is 2. The molecule has 3 N–H and O–H groups in total. The Morgan fingerprint density at radius 2 is 1.78 bits per heavy atom. The molecule has 0 aliphatic carbocycles. The summed E-state index contributed by atoms with van der Waals surface area (Å²) in [4.78, 5) is 19.5. The van der Waals surface area contributed by atoms with Gasteiger partial charge in [0.2, 0.25) is 0 Å². The van der Waals surface area contributed by atoms with Crippen molar-refractivity contribution in [2.24, 2.45) is 0 Å². The maximum atomic E-state index is 12.9. The lowest BCUT2D eigenvalue weighted by Crippen LogP contribution is -2.35. The van der Waals surface area contributed by atoms with Crippen LogP contribution in [0.1, 0.15) is 23.0 Å². The predicted molar refractivity (Wildman–Crippen MR) is 138 cm³/mol. The van der Waals surface area contributed by atoms with Crippen LogP contribution in [0, 0.1) is 0 Å². The van der Waals surface area contributed by atoms with Crippen molar-refractivity contribution in [2.45, 2.75) is 13.5 Å². The van der Waals surface area contributed by atoms with Gasteiger partial charge in [-0.15, -0.1) is 0 Å². The molecule has 0 unspecified atom stereocenters. The van der Waals surface area contributed by atoms with Crippen LogP contribution in [-0.2, 0) is 11.3 Å². The van der Waals surface area contributed by atoms with Crippen LogP contribution in [0.5, 0.6) is 11.5 Å². The molecule has 4 aromatic rings. The number of nitrogens with one attached hydrogen (secondary N) is 1. The highest BCUT2D eigenvalue weighted by Gasteiger charge is 2.27. The van der Waals surface area contributed by atoms with E-state index < -0.39 is 0 Å². The zero-order valence-electron chi connectivity index (χ0n) is 20.5. The number of aromatic nitrogens is 2. The summed E-state index contributed by atoms with van der Waals surface area (Å²) >= 11 is 0. The first-order valence-electron chi connectivity index (χ1n) is 12.2. The average Bonchev–Trinajstić information content (AvgIpc) is 3.35. The number of hydrogen-bond donors (Lipinski definition) is 3. The van der Waals surface area contributed by atoms with Gasteiger partial charge in [-0.2, -0.15) is 0 Å². The topological polar surface area (TPSA) is 121 Å². The second-order valence-electron chi connectivity index (χ2n) is 8.78. The SMILES string of the molecule is CCNC(=O)c1noc(-c2cc(-c3ccccn3)c(O)cc2O)c1-c1ccc(CN2CCOCC2)cc1. The van der Waals surface area contributed by atoms with E-state index in [1.165, 1.54) is 6.07 Å². The Bertz CT molecular complexity index is 1380. The normalized spacial score (nSPS) is 14.0. The van der Waals surface area contributed by atoms with Gasteiger partial charge in [0.25, 0.3) is 5.91 Å². The number of ether oxygens (including phenoxy) is 1. The van der Waals surface area contributed by atoms with Crippen LogP contribution in [0.25, 0.3) is 33.7 Å². The monoisotopic (exact) mass is 500 g/mol. The maximum Gasteiger partial charge on any atom is 0.274 e. The first-order chi connectivity index (χ1) is 18.0. The minimum absolute atomic E-state index is 0.115. The number of hydrogen-bond acceptors (Lipinski definition) is 8. The highest BCUT2D eigenvalue weighted by Crippen LogP contribution is 2.43. The van der Waals surface area contributed by atoms with Crippen LogP contribution in [0.15, 0.2) is 65.3 Å². The predicted octanol–water partition coefficient (Wildman–Crippen LogP) is 4.06. The standard InChI is InChI=1S/C28H28N4O5/c1-2-29-28(35)26-25(19-8-6-18(7-9-19)17-32-11-13-36-14-12-32)27(37-31-26)21-15-20(23(33)16-24(21)34)22-5-3-4-10-30-22/h3-10,15-16,33-34H,2,11-14,17H2,1H3,(H,29,35). The molecule has 2 aromatic heterocycles. The van der Waals surface area contributed by atoms with Gasteiger partial charge in [0, 0.05) is 44.0 Å². The van der Waals surface area contributed by atoms with Crippen molar-refractivity contribution >= 4 is 5.91 Å².